The number of nitrogens with zero attached hydrogens (tertiary/aromatic N) is 3. The lowest BCUT2D eigenvalue weighted by Gasteiger charge is -2.37. The lowest BCUT2D eigenvalue weighted by Crippen LogP contribution is -2.56. The molecular weight excluding hydrogens is 406 g/mol. The fourth-order valence-corrected chi connectivity index (χ4v) is 2.80. The molecule has 0 spiro atoms. The molecule has 1 aliphatic heterocycles. The number of amidine groups is 2. The molecule has 12 heteroatoms. The fraction of sp³-hybridized carbons (Fsp3) is 0.412. The zero-order valence-electron chi connectivity index (χ0n) is 15.1. The number of Topliss-reactive ketones (excluding diaryl/α,β-unsaturated/α-hetero) is 1. The minimum Gasteiger partial charge on any atom is -0.333 e. The molecule has 1 aromatic carbocycles. The molecule has 158 valence electrons. The van der Waals surface area contributed by atoms with Crippen molar-refractivity contribution < 1.29 is 35.9 Å². The molecule has 0 atom stereocenters. The number of benzene rings is 1. The van der Waals surface area contributed by atoms with Gasteiger partial charge in [-0.15, -0.1) is 0 Å². The third-order valence-electron chi connectivity index (χ3n) is 4.16. The number of hydrogen-bond donors (Lipinski definition) is 1. The monoisotopic (exact) mass is 422 g/mol. The van der Waals surface area contributed by atoms with Crippen molar-refractivity contribution in [1.82, 2.24) is 9.80 Å². The van der Waals surface area contributed by atoms with Crippen LogP contribution in [0.3, 0.4) is 0 Å². The van der Waals surface area contributed by atoms with Gasteiger partial charge in [-0.1, -0.05) is 0 Å². The van der Waals surface area contributed by atoms with Crippen LogP contribution in [0.4, 0.5) is 26.3 Å². The highest BCUT2D eigenvalue weighted by Gasteiger charge is 2.42. The van der Waals surface area contributed by atoms with E-state index in [0.29, 0.717) is 11.0 Å². The number of halogens is 6. The van der Waals surface area contributed by atoms with Crippen molar-refractivity contribution in [3.05, 3.63) is 35.1 Å². The number of rotatable bonds is 4. The van der Waals surface area contributed by atoms with Crippen LogP contribution < -0.4 is 0 Å². The quantitative estimate of drug-likeness (QED) is 0.266. The second-order valence-corrected chi connectivity index (χ2v) is 6.21. The molecule has 2 rings (SSSR count). The molecule has 0 aliphatic carbocycles. The molecule has 0 unspecified atom stereocenters. The Morgan fingerprint density at radius 3 is 2.28 bits per heavy atom. The predicted molar refractivity (Wildman–Crippen MR) is 90.1 cm³/mol. The van der Waals surface area contributed by atoms with Gasteiger partial charge in [-0.2, -0.15) is 13.2 Å². The van der Waals surface area contributed by atoms with Crippen molar-refractivity contribution in [3.63, 3.8) is 0 Å². The fourth-order valence-electron chi connectivity index (χ4n) is 2.80. The van der Waals surface area contributed by atoms with Crippen LogP contribution >= 0.6 is 0 Å². The summed E-state index contributed by atoms with van der Waals surface area (Å²) in [5, 5.41) is 7.76. The van der Waals surface area contributed by atoms with Crippen LogP contribution in [0.1, 0.15) is 12.0 Å². The van der Waals surface area contributed by atoms with E-state index in [2.05, 4.69) is 4.99 Å². The van der Waals surface area contributed by atoms with E-state index in [1.54, 1.807) is 0 Å². The SMILES string of the molecule is CN=C(N1CCN(C(=O)CC(=O)Cc2cc(F)c(F)cc2F)CC1=N)C(F)(F)F. The Morgan fingerprint density at radius 2 is 1.72 bits per heavy atom. The highest BCUT2D eigenvalue weighted by atomic mass is 19.4. The van der Waals surface area contributed by atoms with Gasteiger partial charge in [-0.25, -0.2) is 13.2 Å². The summed E-state index contributed by atoms with van der Waals surface area (Å²) in [4.78, 5) is 29.0. The number of alkyl halides is 3. The lowest BCUT2D eigenvalue weighted by molar-refractivity contribution is -0.135. The van der Waals surface area contributed by atoms with Crippen LogP contribution in [0.25, 0.3) is 0 Å². The smallest absolute Gasteiger partial charge is 0.333 e. The topological polar surface area (TPSA) is 76.8 Å². The molecule has 1 amide bonds. The van der Waals surface area contributed by atoms with Gasteiger partial charge in [0.2, 0.25) is 11.7 Å². The maximum Gasteiger partial charge on any atom is 0.449 e. The molecule has 1 saturated heterocycles. The van der Waals surface area contributed by atoms with Gasteiger partial charge in [-0.05, 0) is 11.6 Å². The summed E-state index contributed by atoms with van der Waals surface area (Å²) in [5.41, 5.74) is -0.423. The first kappa shape index (κ1) is 22.4. The Bertz CT molecular complexity index is 868. The summed E-state index contributed by atoms with van der Waals surface area (Å²) in [7, 11) is 0.934. The predicted octanol–water partition coefficient (Wildman–Crippen LogP) is 2.32. The molecule has 0 bridgehead atoms. The second kappa shape index (κ2) is 8.62. The highest BCUT2D eigenvalue weighted by molar-refractivity contribution is 6.05. The maximum atomic E-state index is 13.6. The van der Waals surface area contributed by atoms with Crippen molar-refractivity contribution >= 4 is 23.4 Å². The summed E-state index contributed by atoms with van der Waals surface area (Å²) in [6.45, 7) is -1.01. The summed E-state index contributed by atoms with van der Waals surface area (Å²) < 4.78 is 78.4. The molecule has 0 aromatic heterocycles. The molecule has 1 fully saturated rings. The van der Waals surface area contributed by atoms with Gasteiger partial charge < -0.3 is 9.80 Å². The molecular formula is C17H16F6N4O2. The van der Waals surface area contributed by atoms with Crippen molar-refractivity contribution in [2.45, 2.75) is 19.0 Å². The molecule has 1 aromatic rings. The Morgan fingerprint density at radius 1 is 1.10 bits per heavy atom. The van der Waals surface area contributed by atoms with E-state index < -0.39 is 71.9 Å². The van der Waals surface area contributed by atoms with Crippen LogP contribution in [-0.4, -0.2) is 66.0 Å². The third-order valence-corrected chi connectivity index (χ3v) is 4.16. The van der Waals surface area contributed by atoms with Crippen LogP contribution in [0, 0.1) is 22.9 Å². The van der Waals surface area contributed by atoms with Crippen molar-refractivity contribution in [3.8, 4) is 0 Å². The number of hydrogen-bond acceptors (Lipinski definition) is 4. The van der Waals surface area contributed by atoms with E-state index in [1.165, 1.54) is 0 Å². The maximum absolute atomic E-state index is 13.6. The van der Waals surface area contributed by atoms with Crippen LogP contribution in [0.5, 0.6) is 0 Å². The van der Waals surface area contributed by atoms with E-state index in [1.807, 2.05) is 0 Å². The zero-order chi connectivity index (χ0) is 21.9. The Kier molecular flexibility index (Phi) is 6.65. The number of piperazine rings is 1. The van der Waals surface area contributed by atoms with Crippen molar-refractivity contribution in [2.24, 2.45) is 4.99 Å². The molecule has 0 radical (unpaired) electrons. The molecule has 1 N–H and O–H groups in total. The first-order valence-corrected chi connectivity index (χ1v) is 8.25. The van der Waals surface area contributed by atoms with Gasteiger partial charge in [0, 0.05) is 32.6 Å². The largest absolute Gasteiger partial charge is 0.449 e. The Labute approximate surface area is 161 Å². The van der Waals surface area contributed by atoms with Crippen LogP contribution in [0.2, 0.25) is 0 Å². The van der Waals surface area contributed by atoms with Crippen molar-refractivity contribution in [1.29, 1.82) is 5.41 Å². The van der Waals surface area contributed by atoms with Gasteiger partial charge in [0.15, 0.2) is 11.6 Å². The van der Waals surface area contributed by atoms with Gasteiger partial charge in [0.1, 0.15) is 17.4 Å². The van der Waals surface area contributed by atoms with Gasteiger partial charge in [-0.3, -0.25) is 20.0 Å². The summed E-state index contributed by atoms with van der Waals surface area (Å²) in [5.74, 6) is -7.26. The van der Waals surface area contributed by atoms with Crippen molar-refractivity contribution in [2.75, 3.05) is 26.7 Å². The summed E-state index contributed by atoms with van der Waals surface area (Å²) in [6.07, 6.45) is -6.15. The number of aliphatic imine (C=N–C) groups is 1. The van der Waals surface area contributed by atoms with E-state index in [0.717, 1.165) is 11.9 Å². The normalized spacial score (nSPS) is 15.7. The first-order chi connectivity index (χ1) is 13.4. The van der Waals surface area contributed by atoms with E-state index in [9.17, 15) is 35.9 Å². The minimum absolute atomic E-state index is 0.191. The number of carbonyl (C=O) groups excluding carboxylic acids is 2. The van der Waals surface area contributed by atoms with E-state index in [4.69, 9.17) is 5.41 Å². The zero-order valence-corrected chi connectivity index (χ0v) is 15.1. The van der Waals surface area contributed by atoms with Gasteiger partial charge >= 0.3 is 6.18 Å². The van der Waals surface area contributed by atoms with Crippen LogP contribution in [-0.2, 0) is 16.0 Å². The Balaban J connectivity index is 1.98. The Hall–Kier alpha value is -2.92. The van der Waals surface area contributed by atoms with E-state index in [-0.39, 0.29) is 19.2 Å². The van der Waals surface area contributed by atoms with Gasteiger partial charge in [0.25, 0.3) is 0 Å². The average Bonchev–Trinajstić information content (AvgIpc) is 2.60. The highest BCUT2D eigenvalue weighted by Crippen LogP contribution is 2.22. The number of ketones is 1. The first-order valence-electron chi connectivity index (χ1n) is 8.25. The standard InChI is InChI=1S/C17H16F6N4O2/c1-25-16(17(21,22)23)27-3-2-26(8-14(27)24)15(29)6-10(28)4-9-5-12(19)13(20)7-11(9)18/h5,7,24H,2-4,6,8H2,1H3. The molecule has 29 heavy (non-hydrogen) atoms. The molecule has 1 aliphatic rings. The lowest BCUT2D eigenvalue weighted by atomic mass is 10.1. The number of amides is 1. The second-order valence-electron chi connectivity index (χ2n) is 6.21. The number of carbonyl (C=O) groups is 2. The van der Waals surface area contributed by atoms with Crippen LogP contribution in [0.15, 0.2) is 17.1 Å². The molecule has 6 nitrogen and oxygen atoms in total. The van der Waals surface area contributed by atoms with E-state index >= 15 is 0 Å². The summed E-state index contributed by atoms with van der Waals surface area (Å²) in [6, 6.07) is 0.804. The number of nitrogens with one attached hydrogen (secondary N) is 1. The molecule has 1 heterocycles. The summed E-state index contributed by atoms with van der Waals surface area (Å²) >= 11 is 0. The van der Waals surface area contributed by atoms with Gasteiger partial charge in [0.05, 0.1) is 13.0 Å². The molecule has 0 saturated carbocycles. The minimum atomic E-state index is -4.77. The third kappa shape index (κ3) is 5.33. The average molecular weight is 422 g/mol.